The fraction of sp³-hybridized carbons (Fsp3) is 0.714. The number of hydrogen-bond donors (Lipinski definition) is 2. The van der Waals surface area contributed by atoms with Crippen molar-refractivity contribution in [1.29, 1.82) is 0 Å². The van der Waals surface area contributed by atoms with Gasteiger partial charge in [-0.2, -0.15) is 0 Å². The molecule has 1 atom stereocenters. The highest BCUT2D eigenvalue weighted by Gasteiger charge is 2.30. The highest BCUT2D eigenvalue weighted by atomic mass is 16.5. The number of ether oxygens (including phenoxy) is 2. The van der Waals surface area contributed by atoms with E-state index in [0.29, 0.717) is 19.0 Å². The molecule has 112 valence electrons. The first kappa shape index (κ1) is 15.0. The van der Waals surface area contributed by atoms with Crippen molar-refractivity contribution in [1.82, 2.24) is 9.97 Å². The number of nitrogens with one attached hydrogen (secondary N) is 2. The molecule has 0 bridgehead atoms. The molecule has 1 unspecified atom stereocenters. The topological polar surface area (TPSA) is 68.3 Å². The quantitative estimate of drug-likeness (QED) is 0.796. The molecule has 1 aliphatic rings. The smallest absolute Gasteiger partial charge is 0.158 e. The zero-order valence-corrected chi connectivity index (χ0v) is 12.5. The number of methoxy groups -OCH3 is 1. The van der Waals surface area contributed by atoms with Crippen molar-refractivity contribution >= 4 is 11.6 Å². The minimum Gasteiger partial charge on any atom is -0.379 e. The van der Waals surface area contributed by atoms with E-state index in [9.17, 15) is 0 Å². The number of anilines is 2. The predicted octanol–water partition coefficient (Wildman–Crippen LogP) is 2.04. The lowest BCUT2D eigenvalue weighted by molar-refractivity contribution is 0.177. The van der Waals surface area contributed by atoms with Crippen molar-refractivity contribution in [3.63, 3.8) is 0 Å². The maximum Gasteiger partial charge on any atom is 0.158 e. The molecule has 2 rings (SSSR count). The standard InChI is InChI=1S/C14H24N4O2/c1-4-6-15-11-8-12(17-13(16-11)9-19-3)18-14(2)5-7-20-10-14/h8H,4-7,9-10H2,1-3H3,(H2,15,16,17,18). The first-order valence-corrected chi connectivity index (χ1v) is 7.12. The molecule has 20 heavy (non-hydrogen) atoms. The van der Waals surface area contributed by atoms with E-state index >= 15 is 0 Å². The van der Waals surface area contributed by atoms with Crippen LogP contribution in [0.25, 0.3) is 0 Å². The van der Waals surface area contributed by atoms with Crippen molar-refractivity contribution in [2.45, 2.75) is 38.8 Å². The fourth-order valence-electron chi connectivity index (χ4n) is 2.17. The van der Waals surface area contributed by atoms with Crippen molar-refractivity contribution in [3.05, 3.63) is 11.9 Å². The Morgan fingerprint density at radius 2 is 2.20 bits per heavy atom. The molecule has 0 saturated carbocycles. The second-order valence-corrected chi connectivity index (χ2v) is 5.40. The highest BCUT2D eigenvalue weighted by molar-refractivity contribution is 5.49. The largest absolute Gasteiger partial charge is 0.379 e. The zero-order valence-electron chi connectivity index (χ0n) is 12.5. The van der Waals surface area contributed by atoms with Gasteiger partial charge in [-0.15, -0.1) is 0 Å². The van der Waals surface area contributed by atoms with Crippen LogP contribution in [-0.4, -0.2) is 42.4 Å². The van der Waals surface area contributed by atoms with Crippen LogP contribution in [0.3, 0.4) is 0 Å². The molecule has 1 aromatic heterocycles. The summed E-state index contributed by atoms with van der Waals surface area (Å²) in [6.07, 6.45) is 2.03. The minimum absolute atomic E-state index is 0.0548. The van der Waals surface area contributed by atoms with Gasteiger partial charge in [-0.25, -0.2) is 9.97 Å². The average Bonchev–Trinajstić information content (AvgIpc) is 2.83. The molecule has 6 heteroatoms. The lowest BCUT2D eigenvalue weighted by Crippen LogP contribution is -2.35. The van der Waals surface area contributed by atoms with E-state index in [0.717, 1.165) is 37.6 Å². The van der Waals surface area contributed by atoms with Crippen LogP contribution in [0.5, 0.6) is 0 Å². The lowest BCUT2D eigenvalue weighted by Gasteiger charge is -2.24. The molecule has 0 radical (unpaired) electrons. The minimum atomic E-state index is -0.0548. The molecule has 0 amide bonds. The Morgan fingerprint density at radius 1 is 1.40 bits per heavy atom. The van der Waals surface area contributed by atoms with E-state index in [2.05, 4.69) is 34.4 Å². The van der Waals surface area contributed by atoms with Crippen LogP contribution in [0.1, 0.15) is 32.5 Å². The Morgan fingerprint density at radius 3 is 2.85 bits per heavy atom. The van der Waals surface area contributed by atoms with Crippen LogP contribution in [0, 0.1) is 0 Å². The number of hydrogen-bond acceptors (Lipinski definition) is 6. The molecule has 2 heterocycles. The van der Waals surface area contributed by atoms with E-state index in [1.807, 2.05) is 6.07 Å². The maximum absolute atomic E-state index is 5.46. The van der Waals surface area contributed by atoms with Gasteiger partial charge in [0.1, 0.15) is 18.2 Å². The number of nitrogens with zero attached hydrogens (tertiary/aromatic N) is 2. The van der Waals surface area contributed by atoms with Crippen LogP contribution in [0.4, 0.5) is 11.6 Å². The summed E-state index contributed by atoms with van der Waals surface area (Å²) in [5, 5.41) is 6.75. The van der Waals surface area contributed by atoms with E-state index in [1.54, 1.807) is 7.11 Å². The van der Waals surface area contributed by atoms with Crippen molar-refractivity contribution in [2.75, 3.05) is 37.5 Å². The van der Waals surface area contributed by atoms with E-state index < -0.39 is 0 Å². The summed E-state index contributed by atoms with van der Waals surface area (Å²) in [7, 11) is 1.65. The Hall–Kier alpha value is -1.40. The van der Waals surface area contributed by atoms with Gasteiger partial charge >= 0.3 is 0 Å². The second-order valence-electron chi connectivity index (χ2n) is 5.40. The van der Waals surface area contributed by atoms with Crippen LogP contribution in [0.15, 0.2) is 6.07 Å². The van der Waals surface area contributed by atoms with Crippen LogP contribution >= 0.6 is 0 Å². The Bertz CT molecular complexity index is 433. The van der Waals surface area contributed by atoms with Gasteiger partial charge in [0.25, 0.3) is 0 Å². The Balaban J connectivity index is 2.14. The third-order valence-corrected chi connectivity index (χ3v) is 3.25. The zero-order chi connectivity index (χ0) is 14.4. The van der Waals surface area contributed by atoms with Crippen molar-refractivity contribution in [3.8, 4) is 0 Å². The number of aromatic nitrogens is 2. The Kier molecular flexibility index (Phi) is 5.14. The molecule has 1 saturated heterocycles. The van der Waals surface area contributed by atoms with Crippen LogP contribution in [0.2, 0.25) is 0 Å². The lowest BCUT2D eigenvalue weighted by atomic mass is 10.0. The molecule has 2 N–H and O–H groups in total. The maximum atomic E-state index is 5.46. The van der Waals surface area contributed by atoms with Crippen molar-refractivity contribution < 1.29 is 9.47 Å². The second kappa shape index (κ2) is 6.85. The molecule has 1 aliphatic heterocycles. The first-order valence-electron chi connectivity index (χ1n) is 7.12. The summed E-state index contributed by atoms with van der Waals surface area (Å²) in [4.78, 5) is 8.94. The Labute approximate surface area is 120 Å². The van der Waals surface area contributed by atoms with Crippen LogP contribution < -0.4 is 10.6 Å². The number of rotatable bonds is 7. The SMILES string of the molecule is CCCNc1cc(NC2(C)CCOC2)nc(COC)n1. The summed E-state index contributed by atoms with van der Waals surface area (Å²) in [5.41, 5.74) is -0.0548. The van der Waals surface area contributed by atoms with E-state index in [1.165, 1.54) is 0 Å². The summed E-state index contributed by atoms with van der Waals surface area (Å²) in [6.45, 7) is 7.07. The molecular weight excluding hydrogens is 256 g/mol. The monoisotopic (exact) mass is 280 g/mol. The molecule has 1 fully saturated rings. The molecule has 0 aromatic carbocycles. The van der Waals surface area contributed by atoms with Gasteiger partial charge in [-0.05, 0) is 19.8 Å². The molecule has 6 nitrogen and oxygen atoms in total. The van der Waals surface area contributed by atoms with Crippen LogP contribution in [-0.2, 0) is 16.1 Å². The summed E-state index contributed by atoms with van der Waals surface area (Å²) in [6, 6.07) is 1.94. The third kappa shape index (κ3) is 4.05. The molecule has 0 spiro atoms. The van der Waals surface area contributed by atoms with Gasteiger partial charge in [-0.1, -0.05) is 6.92 Å². The highest BCUT2D eigenvalue weighted by Crippen LogP contribution is 2.24. The van der Waals surface area contributed by atoms with Crippen molar-refractivity contribution in [2.24, 2.45) is 0 Å². The van der Waals surface area contributed by atoms with Gasteiger partial charge in [-0.3, -0.25) is 0 Å². The average molecular weight is 280 g/mol. The summed E-state index contributed by atoms with van der Waals surface area (Å²) < 4.78 is 10.6. The summed E-state index contributed by atoms with van der Waals surface area (Å²) in [5.74, 6) is 2.33. The fourth-order valence-corrected chi connectivity index (χ4v) is 2.17. The third-order valence-electron chi connectivity index (χ3n) is 3.25. The predicted molar refractivity (Wildman–Crippen MR) is 79.0 cm³/mol. The van der Waals surface area contributed by atoms with Gasteiger partial charge in [0.05, 0.1) is 12.1 Å². The molecule has 1 aromatic rings. The summed E-state index contributed by atoms with van der Waals surface area (Å²) >= 11 is 0. The van der Waals surface area contributed by atoms with Gasteiger partial charge in [0.2, 0.25) is 0 Å². The van der Waals surface area contributed by atoms with E-state index in [-0.39, 0.29) is 5.54 Å². The first-order chi connectivity index (χ1) is 9.65. The normalized spacial score (nSPS) is 21.9. The van der Waals surface area contributed by atoms with E-state index in [4.69, 9.17) is 9.47 Å². The van der Waals surface area contributed by atoms with Gasteiger partial charge in [0, 0.05) is 26.3 Å². The molecule has 0 aliphatic carbocycles. The van der Waals surface area contributed by atoms with Gasteiger partial charge < -0.3 is 20.1 Å². The van der Waals surface area contributed by atoms with Gasteiger partial charge in [0.15, 0.2) is 5.82 Å². The molecular formula is C14H24N4O2.